The van der Waals surface area contributed by atoms with E-state index in [1.54, 1.807) is 12.1 Å². The summed E-state index contributed by atoms with van der Waals surface area (Å²) in [6, 6.07) is -0.306. The van der Waals surface area contributed by atoms with Gasteiger partial charge in [0, 0.05) is 48.5 Å². The summed E-state index contributed by atoms with van der Waals surface area (Å²) in [6.45, 7) is 7.74. The summed E-state index contributed by atoms with van der Waals surface area (Å²) < 4.78 is 0. The number of hydrogen-bond donors (Lipinski definition) is 2. The maximum atomic E-state index is 12.5. The molecule has 0 radical (unpaired) electrons. The van der Waals surface area contributed by atoms with Gasteiger partial charge in [-0.3, -0.25) is 29.3 Å². The topological polar surface area (TPSA) is 99.0 Å². The van der Waals surface area contributed by atoms with E-state index in [1.807, 2.05) is 54.3 Å². The second kappa shape index (κ2) is 13.5. The predicted molar refractivity (Wildman–Crippen MR) is 137 cm³/mol. The highest BCUT2D eigenvalue weighted by atomic mass is 32.2. The van der Waals surface area contributed by atoms with Crippen molar-refractivity contribution < 1.29 is 14.4 Å². The van der Waals surface area contributed by atoms with Crippen LogP contribution in [0.2, 0.25) is 0 Å². The smallest absolute Gasteiger partial charge is 0.235 e. The third-order valence-electron chi connectivity index (χ3n) is 6.26. The lowest BCUT2D eigenvalue weighted by Crippen LogP contribution is -2.46. The number of nitrogens with zero attached hydrogens (tertiary/aromatic N) is 3. The summed E-state index contributed by atoms with van der Waals surface area (Å²) in [5.74, 6) is -0.223. The van der Waals surface area contributed by atoms with Gasteiger partial charge >= 0.3 is 0 Å². The highest BCUT2D eigenvalue weighted by Gasteiger charge is 2.35. The lowest BCUT2D eigenvalue weighted by molar-refractivity contribution is -0.130. The zero-order valence-electron chi connectivity index (χ0n) is 20.7. The Labute approximate surface area is 207 Å². The number of primary amides is 1. The molecule has 8 nitrogen and oxygen atoms in total. The number of nitrogens with one attached hydrogen (secondary N) is 1. The van der Waals surface area contributed by atoms with E-state index in [-0.39, 0.29) is 23.8 Å². The van der Waals surface area contributed by atoms with Crippen LogP contribution >= 0.6 is 23.5 Å². The number of carbonyl (C=O) groups is 3. The Balaban J connectivity index is 1.84. The average Bonchev–Trinajstić information content (AvgIpc) is 2.76. The van der Waals surface area contributed by atoms with E-state index in [0.29, 0.717) is 36.6 Å². The van der Waals surface area contributed by atoms with Gasteiger partial charge in [0.15, 0.2) is 0 Å². The Hall–Kier alpha value is -1.39. The normalized spacial score (nSPS) is 21.5. The molecule has 1 aliphatic heterocycles. The maximum absolute atomic E-state index is 12.5. The summed E-state index contributed by atoms with van der Waals surface area (Å²) >= 11 is 3.80. The molecule has 3 atom stereocenters. The molecule has 0 aromatic carbocycles. The van der Waals surface area contributed by atoms with E-state index in [2.05, 4.69) is 12.2 Å². The van der Waals surface area contributed by atoms with Crippen molar-refractivity contribution in [3.63, 3.8) is 0 Å². The van der Waals surface area contributed by atoms with E-state index < -0.39 is 0 Å². The molecule has 0 aromatic heterocycles. The average molecular weight is 500 g/mol. The summed E-state index contributed by atoms with van der Waals surface area (Å²) in [5, 5.41) is 8.78. The fourth-order valence-corrected chi connectivity index (χ4v) is 7.81. The second-order valence-corrected chi connectivity index (χ2v) is 12.0. The van der Waals surface area contributed by atoms with Gasteiger partial charge in [0.1, 0.15) is 5.03 Å². The Morgan fingerprint density at radius 2 is 1.79 bits per heavy atom. The van der Waals surface area contributed by atoms with Crippen LogP contribution in [-0.2, 0) is 14.4 Å². The molecule has 2 aliphatic rings. The van der Waals surface area contributed by atoms with Gasteiger partial charge < -0.3 is 11.1 Å². The fraction of sp³-hybridized carbons (Fsp3) is 0.783. The Morgan fingerprint density at radius 1 is 1.15 bits per heavy atom. The first kappa shape index (κ1) is 27.9. The summed E-state index contributed by atoms with van der Waals surface area (Å²) in [5.41, 5.74) is 5.51. The first-order chi connectivity index (χ1) is 15.6. The van der Waals surface area contributed by atoms with Crippen LogP contribution in [0.5, 0.6) is 0 Å². The number of fused-ring (bicyclic) bond motifs is 1. The first-order valence-electron chi connectivity index (χ1n) is 11.9. The van der Waals surface area contributed by atoms with Crippen molar-refractivity contribution in [1.29, 1.82) is 0 Å². The molecule has 33 heavy (non-hydrogen) atoms. The molecule has 3 unspecified atom stereocenters. The van der Waals surface area contributed by atoms with Crippen LogP contribution in [0, 0.1) is 5.92 Å². The minimum atomic E-state index is -0.321. The van der Waals surface area contributed by atoms with Crippen molar-refractivity contribution >= 4 is 41.7 Å². The Kier molecular flexibility index (Phi) is 11.4. The largest absolute Gasteiger partial charge is 0.368 e. The van der Waals surface area contributed by atoms with Crippen LogP contribution < -0.4 is 11.1 Å². The SMILES string of the molecule is CC1=C(N(CCC(=O)NCCCN(C)C(C(N)=O)C(C)C)N(C)C=O)SC2CCCCC2S1. The standard InChI is InChI=1S/C23H41N5O3S2/c1-16(2)21(22(24)31)26(4)13-8-12-25-20(30)11-14-28(27(5)15-29)23-17(3)32-18-9-6-7-10-19(18)33-23/h15-16,18-19,21H,6-14H2,1-5H3,(H2,24,31)(H,25,30). The number of nitrogens with two attached hydrogens (primary N) is 1. The number of amides is 3. The lowest BCUT2D eigenvalue weighted by Gasteiger charge is -2.41. The first-order valence-corrected chi connectivity index (χ1v) is 13.7. The van der Waals surface area contributed by atoms with E-state index in [4.69, 9.17) is 5.73 Å². The molecule has 10 heteroatoms. The molecule has 1 heterocycles. The van der Waals surface area contributed by atoms with Crippen LogP contribution in [-0.4, -0.2) is 83.4 Å². The van der Waals surface area contributed by atoms with Crippen molar-refractivity contribution in [2.24, 2.45) is 11.7 Å². The maximum Gasteiger partial charge on any atom is 0.235 e. The molecule has 3 N–H and O–H groups in total. The van der Waals surface area contributed by atoms with Crippen LogP contribution in [0.25, 0.3) is 0 Å². The molecule has 0 spiro atoms. The van der Waals surface area contributed by atoms with Crippen molar-refractivity contribution in [1.82, 2.24) is 20.2 Å². The monoisotopic (exact) mass is 499 g/mol. The molecule has 1 saturated carbocycles. The van der Waals surface area contributed by atoms with Crippen LogP contribution in [0.4, 0.5) is 0 Å². The number of carbonyl (C=O) groups excluding carboxylic acids is 3. The van der Waals surface area contributed by atoms with Crippen molar-refractivity contribution in [3.8, 4) is 0 Å². The summed E-state index contributed by atoms with van der Waals surface area (Å²) in [7, 11) is 3.63. The van der Waals surface area contributed by atoms with E-state index >= 15 is 0 Å². The van der Waals surface area contributed by atoms with Crippen LogP contribution in [0.3, 0.4) is 0 Å². The van der Waals surface area contributed by atoms with Gasteiger partial charge in [-0.15, -0.1) is 23.5 Å². The van der Waals surface area contributed by atoms with Gasteiger partial charge in [0.25, 0.3) is 0 Å². The second-order valence-electron chi connectivity index (χ2n) is 9.29. The molecule has 1 aliphatic carbocycles. The van der Waals surface area contributed by atoms with Crippen molar-refractivity contribution in [3.05, 3.63) is 9.93 Å². The van der Waals surface area contributed by atoms with Gasteiger partial charge in [-0.2, -0.15) is 0 Å². The molecular weight excluding hydrogens is 458 g/mol. The van der Waals surface area contributed by atoms with Gasteiger partial charge in [-0.05, 0) is 39.2 Å². The summed E-state index contributed by atoms with van der Waals surface area (Å²) in [4.78, 5) is 38.9. The number of hydrazine groups is 1. The number of allylic oxidation sites excluding steroid dienone is 1. The Bertz CT molecular complexity index is 718. The number of rotatable bonds is 13. The van der Waals surface area contributed by atoms with Crippen molar-refractivity contribution in [2.45, 2.75) is 75.8 Å². The third kappa shape index (κ3) is 8.10. The Morgan fingerprint density at radius 3 is 2.36 bits per heavy atom. The molecule has 0 bridgehead atoms. The zero-order valence-corrected chi connectivity index (χ0v) is 22.3. The van der Waals surface area contributed by atoms with Crippen LogP contribution in [0.1, 0.15) is 59.3 Å². The molecule has 3 amide bonds. The van der Waals surface area contributed by atoms with Gasteiger partial charge in [0.05, 0.1) is 6.04 Å². The molecule has 188 valence electrons. The highest BCUT2D eigenvalue weighted by Crippen LogP contribution is 2.49. The molecule has 0 aromatic rings. The number of likely N-dealkylation sites (N-methyl/N-ethyl adjacent to an activating group) is 1. The van der Waals surface area contributed by atoms with E-state index in [0.717, 1.165) is 17.9 Å². The van der Waals surface area contributed by atoms with Gasteiger partial charge in [-0.25, -0.2) is 0 Å². The zero-order chi connectivity index (χ0) is 24.5. The van der Waals surface area contributed by atoms with Crippen LogP contribution in [0.15, 0.2) is 9.93 Å². The summed E-state index contributed by atoms with van der Waals surface area (Å²) in [6.07, 6.45) is 6.86. The third-order valence-corrected chi connectivity index (χ3v) is 9.58. The van der Waals surface area contributed by atoms with Gasteiger partial charge in [-0.1, -0.05) is 26.7 Å². The number of hydrogen-bond acceptors (Lipinski definition) is 7. The minimum Gasteiger partial charge on any atom is -0.368 e. The molecule has 0 saturated heterocycles. The minimum absolute atomic E-state index is 0.0421. The quantitative estimate of drug-likeness (QED) is 0.228. The molecular formula is C23H41N5O3S2. The van der Waals surface area contributed by atoms with Gasteiger partial charge in [0.2, 0.25) is 18.2 Å². The fourth-order valence-electron chi connectivity index (χ4n) is 4.58. The van der Waals surface area contributed by atoms with Crippen molar-refractivity contribution in [2.75, 3.05) is 33.7 Å². The highest BCUT2D eigenvalue weighted by molar-refractivity contribution is 8.10. The van der Waals surface area contributed by atoms with E-state index in [9.17, 15) is 14.4 Å². The van der Waals surface area contributed by atoms with E-state index in [1.165, 1.54) is 30.6 Å². The molecule has 1 fully saturated rings. The predicted octanol–water partition coefficient (Wildman–Crippen LogP) is 2.61. The lowest BCUT2D eigenvalue weighted by atomic mass is 10.00. The number of thioether (sulfide) groups is 2. The molecule has 2 rings (SSSR count).